The van der Waals surface area contributed by atoms with E-state index in [0.717, 1.165) is 23.7 Å². The molecule has 1 aliphatic rings. The number of aromatic nitrogens is 1. The highest BCUT2D eigenvalue weighted by Crippen LogP contribution is 2.20. The van der Waals surface area contributed by atoms with Gasteiger partial charge in [0.1, 0.15) is 5.75 Å². The number of benzene rings is 1. The van der Waals surface area contributed by atoms with Gasteiger partial charge in [0, 0.05) is 30.8 Å². The molecule has 0 aliphatic heterocycles. The molecule has 1 aliphatic carbocycles. The average molecular weight is 404 g/mol. The molecule has 1 aromatic carbocycles. The van der Waals surface area contributed by atoms with Crippen molar-refractivity contribution in [3.63, 3.8) is 0 Å². The normalized spacial score (nSPS) is 14.8. The van der Waals surface area contributed by atoms with E-state index in [1.54, 1.807) is 7.11 Å². The molecule has 0 atom stereocenters. The number of aromatic amines is 1. The fourth-order valence-corrected chi connectivity index (χ4v) is 4.02. The molecule has 3 rings (SSSR count). The lowest BCUT2D eigenvalue weighted by molar-refractivity contribution is 0.262. The van der Waals surface area contributed by atoms with Crippen molar-refractivity contribution in [1.82, 2.24) is 15.2 Å². The first-order chi connectivity index (χ1) is 13.6. The van der Waals surface area contributed by atoms with Gasteiger partial charge < -0.3 is 25.0 Å². The number of hydrogen-bond acceptors (Lipinski definition) is 4. The largest absolute Gasteiger partial charge is 0.497 e. The second kappa shape index (κ2) is 9.89. The Morgan fingerprint density at radius 2 is 2.11 bits per heavy atom. The summed E-state index contributed by atoms with van der Waals surface area (Å²) in [6, 6.07) is 7.94. The predicted octanol–water partition coefficient (Wildman–Crippen LogP) is 2.93. The number of nitrogens with zero attached hydrogens (tertiary/aromatic N) is 1. The predicted molar refractivity (Wildman–Crippen MR) is 116 cm³/mol. The number of ether oxygens (including phenoxy) is 1. The number of aliphatic hydroxyl groups excluding tert-OH is 1. The summed E-state index contributed by atoms with van der Waals surface area (Å²) in [6.45, 7) is 1.11. The molecule has 0 spiro atoms. The van der Waals surface area contributed by atoms with Crippen molar-refractivity contribution in [3.8, 4) is 5.75 Å². The van der Waals surface area contributed by atoms with Crippen LogP contribution >= 0.6 is 12.2 Å². The van der Waals surface area contributed by atoms with Gasteiger partial charge in [0.05, 0.1) is 19.2 Å². The zero-order chi connectivity index (χ0) is 19.9. The van der Waals surface area contributed by atoms with E-state index in [1.807, 2.05) is 29.2 Å². The van der Waals surface area contributed by atoms with Crippen molar-refractivity contribution in [3.05, 3.63) is 40.2 Å². The number of rotatable bonds is 7. The highest BCUT2D eigenvalue weighted by atomic mass is 32.1. The van der Waals surface area contributed by atoms with Gasteiger partial charge in [-0.25, -0.2) is 0 Å². The van der Waals surface area contributed by atoms with Gasteiger partial charge in [-0.15, -0.1) is 0 Å². The lowest BCUT2D eigenvalue weighted by Gasteiger charge is -2.30. The van der Waals surface area contributed by atoms with Gasteiger partial charge >= 0.3 is 0 Å². The summed E-state index contributed by atoms with van der Waals surface area (Å²) in [7, 11) is 1.60. The van der Waals surface area contributed by atoms with E-state index in [1.165, 1.54) is 19.3 Å². The first-order valence-electron chi connectivity index (χ1n) is 9.97. The number of pyridine rings is 1. The third-order valence-electron chi connectivity index (χ3n) is 5.30. The maximum Gasteiger partial charge on any atom is 0.253 e. The molecule has 7 heteroatoms. The molecule has 0 amide bonds. The third kappa shape index (κ3) is 5.23. The first-order valence-corrected chi connectivity index (χ1v) is 10.4. The molecule has 6 nitrogen and oxygen atoms in total. The van der Waals surface area contributed by atoms with Crippen LogP contribution in [0.1, 0.15) is 44.1 Å². The average Bonchev–Trinajstić information content (AvgIpc) is 2.71. The zero-order valence-corrected chi connectivity index (χ0v) is 17.2. The van der Waals surface area contributed by atoms with E-state index in [-0.39, 0.29) is 12.2 Å². The highest BCUT2D eigenvalue weighted by molar-refractivity contribution is 7.80. The Kier molecular flexibility index (Phi) is 7.28. The second-order valence-corrected chi connectivity index (χ2v) is 7.75. The maximum atomic E-state index is 12.6. The molecule has 152 valence electrons. The van der Waals surface area contributed by atoms with Gasteiger partial charge in [-0.05, 0) is 55.1 Å². The monoisotopic (exact) mass is 403 g/mol. The third-order valence-corrected chi connectivity index (χ3v) is 5.67. The van der Waals surface area contributed by atoms with Crippen LogP contribution < -0.4 is 15.6 Å². The lowest BCUT2D eigenvalue weighted by atomic mass is 9.96. The van der Waals surface area contributed by atoms with Crippen LogP contribution in [0.5, 0.6) is 5.75 Å². The SMILES string of the molecule is COc1ccc2cc(CN(CCCO)C(=S)NC3CCCCC3)c(=O)[nH]c2c1. The first kappa shape index (κ1) is 20.6. The second-order valence-electron chi connectivity index (χ2n) is 7.36. The number of thiocarbonyl (C=S) groups is 1. The minimum atomic E-state index is -0.129. The molecule has 3 N–H and O–H groups in total. The lowest BCUT2D eigenvalue weighted by Crippen LogP contribution is -2.46. The van der Waals surface area contributed by atoms with Crippen LogP contribution in [0.15, 0.2) is 29.1 Å². The Labute approximate surface area is 170 Å². The van der Waals surface area contributed by atoms with Crippen LogP contribution in [-0.2, 0) is 6.54 Å². The van der Waals surface area contributed by atoms with Crippen molar-refractivity contribution >= 4 is 28.2 Å². The molecule has 1 heterocycles. The van der Waals surface area contributed by atoms with Crippen LogP contribution in [0.3, 0.4) is 0 Å². The molecular weight excluding hydrogens is 374 g/mol. The summed E-state index contributed by atoms with van der Waals surface area (Å²) in [5, 5.41) is 14.3. The quantitative estimate of drug-likeness (QED) is 0.617. The molecule has 0 radical (unpaired) electrons. The van der Waals surface area contributed by atoms with E-state index >= 15 is 0 Å². The standard InChI is InChI=1S/C21H29N3O3S/c1-27-18-9-8-15-12-16(20(26)23-19(15)13-18)14-24(10-5-11-25)21(28)22-17-6-3-2-4-7-17/h8-9,12-13,17,25H,2-7,10-11,14H2,1H3,(H,22,28)(H,23,26). The minimum Gasteiger partial charge on any atom is -0.497 e. The Hall–Kier alpha value is -2.12. The van der Waals surface area contributed by atoms with E-state index in [9.17, 15) is 9.90 Å². The Bertz CT molecular complexity index is 862. The van der Waals surface area contributed by atoms with Crippen molar-refractivity contribution in [1.29, 1.82) is 0 Å². The zero-order valence-electron chi connectivity index (χ0n) is 16.4. The Morgan fingerprint density at radius 3 is 2.82 bits per heavy atom. The maximum absolute atomic E-state index is 12.6. The number of aliphatic hydroxyl groups is 1. The Morgan fingerprint density at radius 1 is 1.32 bits per heavy atom. The van der Waals surface area contributed by atoms with Gasteiger partial charge in [-0.2, -0.15) is 0 Å². The van der Waals surface area contributed by atoms with Gasteiger partial charge in [0.2, 0.25) is 0 Å². The number of methoxy groups -OCH3 is 1. The minimum absolute atomic E-state index is 0.0937. The van der Waals surface area contributed by atoms with Crippen molar-refractivity contribution < 1.29 is 9.84 Å². The highest BCUT2D eigenvalue weighted by Gasteiger charge is 2.18. The van der Waals surface area contributed by atoms with E-state index in [2.05, 4.69) is 10.3 Å². The molecule has 1 fully saturated rings. The fourth-order valence-electron chi connectivity index (χ4n) is 3.70. The van der Waals surface area contributed by atoms with Crippen molar-refractivity contribution in [2.75, 3.05) is 20.3 Å². The summed E-state index contributed by atoms with van der Waals surface area (Å²) < 4.78 is 5.23. The van der Waals surface area contributed by atoms with E-state index in [0.29, 0.717) is 42.0 Å². The van der Waals surface area contributed by atoms with E-state index < -0.39 is 0 Å². The molecular formula is C21H29N3O3S. The molecule has 0 saturated heterocycles. The topological polar surface area (TPSA) is 77.6 Å². The molecule has 1 saturated carbocycles. The number of nitrogens with one attached hydrogen (secondary N) is 2. The van der Waals surface area contributed by atoms with Gasteiger partial charge in [-0.3, -0.25) is 4.79 Å². The molecule has 0 unspecified atom stereocenters. The number of fused-ring (bicyclic) bond motifs is 1. The van der Waals surface area contributed by atoms with Crippen LogP contribution in [-0.4, -0.2) is 46.4 Å². The summed E-state index contributed by atoms with van der Waals surface area (Å²) in [5.41, 5.74) is 1.27. The van der Waals surface area contributed by atoms with Gasteiger partial charge in [0.25, 0.3) is 5.56 Å². The number of hydrogen-bond donors (Lipinski definition) is 3. The fraction of sp³-hybridized carbons (Fsp3) is 0.524. The number of H-pyrrole nitrogens is 1. The van der Waals surface area contributed by atoms with Crippen molar-refractivity contribution in [2.24, 2.45) is 0 Å². The van der Waals surface area contributed by atoms with E-state index in [4.69, 9.17) is 17.0 Å². The van der Waals surface area contributed by atoms with Gasteiger partial charge in [-0.1, -0.05) is 19.3 Å². The Balaban J connectivity index is 1.78. The molecule has 1 aromatic heterocycles. The molecule has 28 heavy (non-hydrogen) atoms. The van der Waals surface area contributed by atoms with Crippen LogP contribution in [0.25, 0.3) is 10.9 Å². The summed E-state index contributed by atoms with van der Waals surface area (Å²) in [6.07, 6.45) is 6.61. The summed E-state index contributed by atoms with van der Waals surface area (Å²) in [5.74, 6) is 0.707. The van der Waals surface area contributed by atoms with Crippen molar-refractivity contribution in [2.45, 2.75) is 51.1 Å². The molecule has 0 bridgehead atoms. The van der Waals surface area contributed by atoms with Gasteiger partial charge in [0.15, 0.2) is 5.11 Å². The summed E-state index contributed by atoms with van der Waals surface area (Å²) >= 11 is 5.65. The van der Waals surface area contributed by atoms with Crippen LogP contribution in [0, 0.1) is 0 Å². The van der Waals surface area contributed by atoms with Crippen LogP contribution in [0.2, 0.25) is 0 Å². The smallest absolute Gasteiger partial charge is 0.253 e. The molecule has 2 aromatic rings. The van der Waals surface area contributed by atoms with Crippen LogP contribution in [0.4, 0.5) is 0 Å². The summed E-state index contributed by atoms with van der Waals surface area (Å²) in [4.78, 5) is 17.5.